The van der Waals surface area contributed by atoms with Crippen molar-refractivity contribution in [2.75, 3.05) is 18.4 Å². The van der Waals surface area contributed by atoms with Crippen molar-refractivity contribution < 1.29 is 9.18 Å². The summed E-state index contributed by atoms with van der Waals surface area (Å²) in [4.78, 5) is 14.3. The van der Waals surface area contributed by atoms with E-state index in [-0.39, 0.29) is 11.7 Å². The summed E-state index contributed by atoms with van der Waals surface area (Å²) in [6.45, 7) is 5.74. The normalized spacial score (nSPS) is 14.8. The van der Waals surface area contributed by atoms with E-state index in [4.69, 9.17) is 0 Å². The van der Waals surface area contributed by atoms with Crippen molar-refractivity contribution in [2.45, 2.75) is 39.2 Å². The summed E-state index contributed by atoms with van der Waals surface area (Å²) in [5.41, 5.74) is 0.523. The maximum absolute atomic E-state index is 13.1. The zero-order valence-corrected chi connectivity index (χ0v) is 12.2. The van der Waals surface area contributed by atoms with Gasteiger partial charge in [-0.2, -0.15) is 0 Å². The summed E-state index contributed by atoms with van der Waals surface area (Å²) in [5.74, 6) is 0.246. The lowest BCUT2D eigenvalue weighted by atomic mass is 10.1. The molecule has 0 spiro atoms. The van der Waals surface area contributed by atoms with E-state index < -0.39 is 0 Å². The van der Waals surface area contributed by atoms with Gasteiger partial charge in [-0.1, -0.05) is 19.9 Å². The van der Waals surface area contributed by atoms with Crippen LogP contribution in [0, 0.1) is 11.7 Å². The second-order valence-electron chi connectivity index (χ2n) is 5.94. The molecule has 1 aromatic carbocycles. The summed E-state index contributed by atoms with van der Waals surface area (Å²) >= 11 is 0. The molecule has 0 aromatic heterocycles. The van der Waals surface area contributed by atoms with Crippen LogP contribution < -0.4 is 5.32 Å². The molecular weight excluding hydrogens is 255 g/mol. The molecule has 1 saturated carbocycles. The van der Waals surface area contributed by atoms with Gasteiger partial charge in [0.05, 0.1) is 6.54 Å². The molecule has 0 unspecified atom stereocenters. The van der Waals surface area contributed by atoms with E-state index in [1.54, 1.807) is 12.1 Å². The molecule has 0 aliphatic heterocycles. The van der Waals surface area contributed by atoms with Crippen LogP contribution in [0.25, 0.3) is 0 Å². The van der Waals surface area contributed by atoms with Gasteiger partial charge >= 0.3 is 0 Å². The average Bonchev–Trinajstić information content (AvgIpc) is 3.18. The van der Waals surface area contributed by atoms with E-state index in [9.17, 15) is 9.18 Å². The maximum Gasteiger partial charge on any atom is 0.238 e. The highest BCUT2D eigenvalue weighted by molar-refractivity contribution is 5.92. The molecule has 1 aliphatic rings. The first-order valence-electron chi connectivity index (χ1n) is 7.34. The van der Waals surface area contributed by atoms with E-state index in [1.807, 2.05) is 0 Å². The lowest BCUT2D eigenvalue weighted by Gasteiger charge is -2.22. The highest BCUT2D eigenvalue weighted by Gasteiger charge is 2.29. The van der Waals surface area contributed by atoms with E-state index >= 15 is 0 Å². The molecular formula is C16H23FN2O. The third kappa shape index (κ3) is 4.93. The zero-order chi connectivity index (χ0) is 14.5. The van der Waals surface area contributed by atoms with Gasteiger partial charge in [0, 0.05) is 11.7 Å². The standard InChI is InChI=1S/C16H23FN2O/c1-12(2)8-9-19(15-6-7-15)11-16(20)18-14-5-3-4-13(17)10-14/h3-5,10,12,15H,6-9,11H2,1-2H3,(H,18,20). The fraction of sp³-hybridized carbons (Fsp3) is 0.562. The Hall–Kier alpha value is -1.42. The van der Waals surface area contributed by atoms with Crippen LogP contribution in [0.15, 0.2) is 24.3 Å². The molecule has 1 aliphatic carbocycles. The Labute approximate surface area is 120 Å². The van der Waals surface area contributed by atoms with Crippen LogP contribution in [-0.2, 0) is 4.79 Å². The number of amides is 1. The Morgan fingerprint density at radius 1 is 1.45 bits per heavy atom. The number of carbonyl (C=O) groups excluding carboxylic acids is 1. The molecule has 0 heterocycles. The number of carbonyl (C=O) groups is 1. The maximum atomic E-state index is 13.1. The number of hydrogen-bond acceptors (Lipinski definition) is 2. The highest BCUT2D eigenvalue weighted by Crippen LogP contribution is 2.27. The Kier molecular flexibility index (Phi) is 5.12. The van der Waals surface area contributed by atoms with E-state index in [0.717, 1.165) is 13.0 Å². The van der Waals surface area contributed by atoms with Crippen LogP contribution in [0.2, 0.25) is 0 Å². The molecule has 20 heavy (non-hydrogen) atoms. The number of benzene rings is 1. The van der Waals surface area contributed by atoms with Crippen molar-refractivity contribution in [2.24, 2.45) is 5.92 Å². The van der Waals surface area contributed by atoms with Gasteiger partial charge in [-0.15, -0.1) is 0 Å². The number of anilines is 1. The van der Waals surface area contributed by atoms with Gasteiger partial charge in [0.15, 0.2) is 0 Å². The van der Waals surface area contributed by atoms with Crippen molar-refractivity contribution in [3.63, 3.8) is 0 Å². The largest absolute Gasteiger partial charge is 0.325 e. The minimum Gasteiger partial charge on any atom is -0.325 e. The molecule has 3 nitrogen and oxygen atoms in total. The highest BCUT2D eigenvalue weighted by atomic mass is 19.1. The van der Waals surface area contributed by atoms with Gasteiger partial charge in [0.25, 0.3) is 0 Å². The fourth-order valence-electron chi connectivity index (χ4n) is 2.21. The summed E-state index contributed by atoms with van der Waals surface area (Å²) in [7, 11) is 0. The van der Waals surface area contributed by atoms with Gasteiger partial charge in [-0.3, -0.25) is 9.69 Å². The molecule has 0 atom stereocenters. The quantitative estimate of drug-likeness (QED) is 0.830. The lowest BCUT2D eigenvalue weighted by molar-refractivity contribution is -0.117. The van der Waals surface area contributed by atoms with Crippen LogP contribution in [0.4, 0.5) is 10.1 Å². The Bertz CT molecular complexity index is 458. The number of nitrogens with one attached hydrogen (secondary N) is 1. The third-order valence-corrected chi connectivity index (χ3v) is 3.51. The van der Waals surface area contributed by atoms with Gasteiger partial charge in [-0.25, -0.2) is 4.39 Å². The first-order valence-corrected chi connectivity index (χ1v) is 7.34. The van der Waals surface area contributed by atoms with Crippen molar-refractivity contribution in [3.8, 4) is 0 Å². The number of halogens is 1. The Morgan fingerprint density at radius 3 is 2.80 bits per heavy atom. The number of nitrogens with zero attached hydrogens (tertiary/aromatic N) is 1. The third-order valence-electron chi connectivity index (χ3n) is 3.51. The minimum absolute atomic E-state index is 0.0637. The molecule has 4 heteroatoms. The number of rotatable bonds is 7. The molecule has 110 valence electrons. The topological polar surface area (TPSA) is 32.3 Å². The van der Waals surface area contributed by atoms with Crippen LogP contribution in [0.1, 0.15) is 33.1 Å². The van der Waals surface area contributed by atoms with E-state index in [2.05, 4.69) is 24.1 Å². The van der Waals surface area contributed by atoms with Crippen molar-refractivity contribution in [1.29, 1.82) is 0 Å². The summed E-state index contributed by atoms with van der Waals surface area (Å²) in [5, 5.41) is 2.76. The number of hydrogen-bond donors (Lipinski definition) is 1. The monoisotopic (exact) mass is 278 g/mol. The fourth-order valence-corrected chi connectivity index (χ4v) is 2.21. The first-order chi connectivity index (χ1) is 9.54. The second kappa shape index (κ2) is 6.84. The van der Waals surface area contributed by atoms with Crippen molar-refractivity contribution >= 4 is 11.6 Å². The van der Waals surface area contributed by atoms with Gasteiger partial charge < -0.3 is 5.32 Å². The van der Waals surface area contributed by atoms with E-state index in [0.29, 0.717) is 24.2 Å². The first kappa shape index (κ1) is 15.0. The molecule has 0 saturated heterocycles. The molecule has 1 fully saturated rings. The van der Waals surface area contributed by atoms with Crippen LogP contribution in [0.5, 0.6) is 0 Å². The van der Waals surface area contributed by atoms with Crippen LogP contribution in [0.3, 0.4) is 0 Å². The van der Waals surface area contributed by atoms with Gasteiger partial charge in [0.2, 0.25) is 5.91 Å². The second-order valence-corrected chi connectivity index (χ2v) is 5.94. The summed E-state index contributed by atoms with van der Waals surface area (Å²) < 4.78 is 13.1. The molecule has 0 bridgehead atoms. The van der Waals surface area contributed by atoms with Gasteiger partial charge in [-0.05, 0) is 49.9 Å². The summed E-state index contributed by atoms with van der Waals surface area (Å²) in [6.07, 6.45) is 3.47. The minimum atomic E-state index is -0.332. The zero-order valence-electron chi connectivity index (χ0n) is 12.2. The predicted octanol–water partition coefficient (Wildman–Crippen LogP) is 3.27. The SMILES string of the molecule is CC(C)CCN(CC(=O)Nc1cccc(F)c1)C1CC1. The molecule has 2 rings (SSSR count). The van der Waals surface area contributed by atoms with Crippen LogP contribution >= 0.6 is 0 Å². The Morgan fingerprint density at radius 2 is 2.20 bits per heavy atom. The molecule has 1 aromatic rings. The van der Waals surface area contributed by atoms with Crippen molar-refractivity contribution in [3.05, 3.63) is 30.1 Å². The average molecular weight is 278 g/mol. The molecule has 1 amide bonds. The smallest absolute Gasteiger partial charge is 0.238 e. The predicted molar refractivity (Wildman–Crippen MR) is 79.1 cm³/mol. The molecule has 1 N–H and O–H groups in total. The van der Waals surface area contributed by atoms with Crippen molar-refractivity contribution in [1.82, 2.24) is 4.90 Å². The summed E-state index contributed by atoms with van der Waals surface area (Å²) in [6, 6.07) is 6.58. The lowest BCUT2D eigenvalue weighted by Crippen LogP contribution is -2.36. The van der Waals surface area contributed by atoms with Crippen LogP contribution in [-0.4, -0.2) is 29.9 Å². The molecule has 0 radical (unpaired) electrons. The Balaban J connectivity index is 1.85. The van der Waals surface area contributed by atoms with Gasteiger partial charge in [0.1, 0.15) is 5.82 Å². The van der Waals surface area contributed by atoms with E-state index in [1.165, 1.54) is 25.0 Å².